The third-order valence-corrected chi connectivity index (χ3v) is 2.08. The maximum absolute atomic E-state index is 11.4. The Morgan fingerprint density at radius 3 is 2.72 bits per heavy atom. The Balaban J connectivity index is 2.18. The highest BCUT2D eigenvalue weighted by molar-refractivity contribution is 7.80. The molecule has 0 aliphatic carbocycles. The Hall–Kier alpha value is -2.08. The molecule has 1 amide bonds. The summed E-state index contributed by atoms with van der Waals surface area (Å²) in [6, 6.07) is 9.09. The van der Waals surface area contributed by atoms with Gasteiger partial charge in [0.05, 0.1) is 0 Å². The number of ether oxygens (including phenoxy) is 1. The molecule has 0 saturated carbocycles. The summed E-state index contributed by atoms with van der Waals surface area (Å²) in [6.45, 7) is 3.98. The molecule has 18 heavy (non-hydrogen) atoms. The number of rotatable bonds is 5. The van der Waals surface area contributed by atoms with Crippen LogP contribution >= 0.6 is 12.2 Å². The number of para-hydroxylation sites is 1. The van der Waals surface area contributed by atoms with Crippen molar-refractivity contribution >= 4 is 23.2 Å². The molecule has 6 heteroatoms. The van der Waals surface area contributed by atoms with Crippen LogP contribution in [0.5, 0.6) is 5.75 Å². The van der Waals surface area contributed by atoms with E-state index in [-0.39, 0.29) is 12.5 Å². The van der Waals surface area contributed by atoms with E-state index in [9.17, 15) is 4.79 Å². The number of hydrogen-bond acceptors (Lipinski definition) is 3. The summed E-state index contributed by atoms with van der Waals surface area (Å²) in [5, 5.41) is 3.13. The predicted molar refractivity (Wildman–Crippen MR) is 74.0 cm³/mol. The first-order chi connectivity index (χ1) is 8.72. The molecule has 0 fully saturated rings. The third-order valence-electron chi connectivity index (χ3n) is 1.84. The van der Waals surface area contributed by atoms with E-state index in [0.717, 1.165) is 0 Å². The van der Waals surface area contributed by atoms with Crippen molar-refractivity contribution in [1.82, 2.24) is 16.2 Å². The van der Waals surface area contributed by atoms with Crippen LogP contribution in [0.4, 0.5) is 0 Å². The fraction of sp³-hybridized carbons (Fsp3) is 0.167. The average Bonchev–Trinajstić information content (AvgIpc) is 2.41. The van der Waals surface area contributed by atoms with E-state index in [0.29, 0.717) is 17.4 Å². The van der Waals surface area contributed by atoms with Crippen LogP contribution in [0.2, 0.25) is 0 Å². The molecule has 0 aliphatic heterocycles. The summed E-state index contributed by atoms with van der Waals surface area (Å²) >= 11 is 4.89. The van der Waals surface area contributed by atoms with Crippen molar-refractivity contribution < 1.29 is 9.53 Å². The zero-order valence-corrected chi connectivity index (χ0v) is 10.6. The lowest BCUT2D eigenvalue weighted by atomic mass is 10.3. The number of benzene rings is 1. The molecule has 96 valence electrons. The van der Waals surface area contributed by atoms with Crippen LogP contribution in [0, 0.1) is 0 Å². The lowest BCUT2D eigenvalue weighted by Gasteiger charge is -2.10. The molecule has 1 aromatic rings. The maximum atomic E-state index is 11.4. The van der Waals surface area contributed by atoms with Gasteiger partial charge < -0.3 is 10.1 Å². The van der Waals surface area contributed by atoms with Crippen LogP contribution in [-0.4, -0.2) is 24.2 Å². The number of carbonyl (C=O) groups excluding carboxylic acids is 1. The molecule has 5 nitrogen and oxygen atoms in total. The lowest BCUT2D eigenvalue weighted by molar-refractivity contribution is -0.123. The van der Waals surface area contributed by atoms with Crippen LogP contribution in [-0.2, 0) is 4.79 Å². The van der Waals surface area contributed by atoms with Gasteiger partial charge in [0.2, 0.25) is 0 Å². The van der Waals surface area contributed by atoms with Gasteiger partial charge in [-0.3, -0.25) is 15.6 Å². The molecule has 0 aliphatic rings. The minimum absolute atomic E-state index is 0.0823. The van der Waals surface area contributed by atoms with Gasteiger partial charge in [-0.25, -0.2) is 0 Å². The van der Waals surface area contributed by atoms with E-state index < -0.39 is 0 Å². The van der Waals surface area contributed by atoms with Crippen LogP contribution in [0.3, 0.4) is 0 Å². The average molecular weight is 265 g/mol. The molecule has 3 N–H and O–H groups in total. The number of carbonyl (C=O) groups is 1. The second-order valence-corrected chi connectivity index (χ2v) is 3.68. The van der Waals surface area contributed by atoms with Gasteiger partial charge in [-0.05, 0) is 24.4 Å². The largest absolute Gasteiger partial charge is 0.484 e. The minimum Gasteiger partial charge on any atom is -0.484 e. The normalized spacial score (nSPS) is 9.11. The zero-order valence-electron chi connectivity index (χ0n) is 9.81. The first-order valence-electron chi connectivity index (χ1n) is 5.34. The highest BCUT2D eigenvalue weighted by Gasteiger charge is 2.02. The van der Waals surface area contributed by atoms with Crippen molar-refractivity contribution in [3.05, 3.63) is 43.0 Å². The Morgan fingerprint density at radius 1 is 1.33 bits per heavy atom. The van der Waals surface area contributed by atoms with E-state index in [1.165, 1.54) is 0 Å². The highest BCUT2D eigenvalue weighted by atomic mass is 32.1. The molecular formula is C12H15N3O2S. The fourth-order valence-electron chi connectivity index (χ4n) is 1.04. The van der Waals surface area contributed by atoms with Crippen molar-refractivity contribution in [3.63, 3.8) is 0 Å². The number of hydrogen-bond donors (Lipinski definition) is 3. The van der Waals surface area contributed by atoms with Crippen molar-refractivity contribution in [3.8, 4) is 5.75 Å². The molecule has 0 aromatic heterocycles. The Kier molecular flexibility index (Phi) is 6.27. The number of amides is 1. The zero-order chi connectivity index (χ0) is 13.2. The van der Waals surface area contributed by atoms with Crippen LogP contribution in [0.25, 0.3) is 0 Å². The molecule has 0 atom stereocenters. The van der Waals surface area contributed by atoms with Crippen molar-refractivity contribution in [2.45, 2.75) is 0 Å². The molecule has 0 bridgehead atoms. The Bertz CT molecular complexity index is 409. The van der Waals surface area contributed by atoms with E-state index in [2.05, 4.69) is 22.7 Å². The van der Waals surface area contributed by atoms with Gasteiger partial charge in [0.25, 0.3) is 5.91 Å². The Labute approximate surface area is 111 Å². The van der Waals surface area contributed by atoms with Gasteiger partial charge in [-0.1, -0.05) is 24.3 Å². The minimum atomic E-state index is -0.318. The van der Waals surface area contributed by atoms with Crippen LogP contribution in [0.1, 0.15) is 0 Å². The fourth-order valence-corrected chi connectivity index (χ4v) is 1.17. The molecule has 0 heterocycles. The van der Waals surface area contributed by atoms with E-state index in [4.69, 9.17) is 17.0 Å². The lowest BCUT2D eigenvalue weighted by Crippen LogP contribution is -2.48. The molecule has 1 aromatic carbocycles. The van der Waals surface area contributed by atoms with Gasteiger partial charge in [-0.15, -0.1) is 6.58 Å². The summed E-state index contributed by atoms with van der Waals surface area (Å²) in [5.74, 6) is 0.321. The van der Waals surface area contributed by atoms with Crippen molar-refractivity contribution in [2.75, 3.05) is 13.2 Å². The standard InChI is InChI=1S/C12H15N3O2S/c1-2-8-13-12(18)15-14-11(16)9-17-10-6-4-3-5-7-10/h2-7H,1,8-9H2,(H,14,16)(H2,13,15,18). The van der Waals surface area contributed by atoms with Gasteiger partial charge in [0, 0.05) is 6.54 Å². The molecule has 0 spiro atoms. The van der Waals surface area contributed by atoms with Gasteiger partial charge in [0.15, 0.2) is 11.7 Å². The van der Waals surface area contributed by atoms with Crippen LogP contribution < -0.4 is 20.9 Å². The monoisotopic (exact) mass is 265 g/mol. The second-order valence-electron chi connectivity index (χ2n) is 3.27. The van der Waals surface area contributed by atoms with Gasteiger partial charge >= 0.3 is 0 Å². The summed E-state index contributed by atoms with van der Waals surface area (Å²) in [4.78, 5) is 11.4. The highest BCUT2D eigenvalue weighted by Crippen LogP contribution is 2.07. The predicted octanol–water partition coefficient (Wildman–Crippen LogP) is 0.747. The van der Waals surface area contributed by atoms with Crippen molar-refractivity contribution in [1.29, 1.82) is 0 Å². The SMILES string of the molecule is C=CCNC(=S)NNC(=O)COc1ccccc1. The van der Waals surface area contributed by atoms with E-state index >= 15 is 0 Å². The summed E-state index contributed by atoms with van der Waals surface area (Å²) < 4.78 is 5.25. The quantitative estimate of drug-likeness (QED) is 0.416. The first kappa shape index (κ1) is 14.0. The summed E-state index contributed by atoms with van der Waals surface area (Å²) in [5.41, 5.74) is 4.96. The molecule has 0 unspecified atom stereocenters. The summed E-state index contributed by atoms with van der Waals surface area (Å²) in [6.07, 6.45) is 1.66. The topological polar surface area (TPSA) is 62.4 Å². The van der Waals surface area contributed by atoms with E-state index in [1.54, 1.807) is 18.2 Å². The number of hydrazine groups is 1. The third kappa shape index (κ3) is 5.86. The van der Waals surface area contributed by atoms with E-state index in [1.807, 2.05) is 18.2 Å². The molecule has 1 rings (SSSR count). The molecule has 0 radical (unpaired) electrons. The maximum Gasteiger partial charge on any atom is 0.276 e. The van der Waals surface area contributed by atoms with Gasteiger partial charge in [-0.2, -0.15) is 0 Å². The molecule has 0 saturated heterocycles. The number of thiocarbonyl (C=S) groups is 1. The van der Waals surface area contributed by atoms with Gasteiger partial charge in [0.1, 0.15) is 5.75 Å². The second kappa shape index (κ2) is 8.08. The Morgan fingerprint density at radius 2 is 2.06 bits per heavy atom. The number of nitrogens with one attached hydrogen (secondary N) is 3. The summed E-state index contributed by atoms with van der Waals surface area (Å²) in [7, 11) is 0. The molecular weight excluding hydrogens is 250 g/mol. The van der Waals surface area contributed by atoms with Crippen LogP contribution in [0.15, 0.2) is 43.0 Å². The van der Waals surface area contributed by atoms with Crippen molar-refractivity contribution in [2.24, 2.45) is 0 Å². The first-order valence-corrected chi connectivity index (χ1v) is 5.74. The smallest absolute Gasteiger partial charge is 0.276 e.